The number of rotatable bonds is 3. The van der Waals surface area contributed by atoms with Gasteiger partial charge in [0.2, 0.25) is 5.91 Å². The van der Waals surface area contributed by atoms with Gasteiger partial charge in [-0.1, -0.05) is 0 Å². The summed E-state index contributed by atoms with van der Waals surface area (Å²) in [5, 5.41) is 4.09. The summed E-state index contributed by atoms with van der Waals surface area (Å²) in [6.07, 6.45) is 1.65. The first-order valence-electron chi connectivity index (χ1n) is 7.99. The lowest BCUT2D eigenvalue weighted by Crippen LogP contribution is -2.70. The van der Waals surface area contributed by atoms with Crippen molar-refractivity contribution < 1.29 is 4.79 Å². The van der Waals surface area contributed by atoms with E-state index in [9.17, 15) is 4.79 Å². The van der Waals surface area contributed by atoms with E-state index in [-0.39, 0.29) is 5.91 Å². The van der Waals surface area contributed by atoms with Crippen molar-refractivity contribution in [1.29, 1.82) is 0 Å². The molecule has 2 bridgehead atoms. The van der Waals surface area contributed by atoms with Crippen molar-refractivity contribution >= 4 is 23.1 Å². The molecule has 3 aliphatic rings. The number of thiophene rings is 1. The molecule has 0 aliphatic carbocycles. The van der Waals surface area contributed by atoms with Gasteiger partial charge >= 0.3 is 0 Å². The number of hydrogen-bond acceptors (Lipinski definition) is 5. The number of piperazine rings is 1. The minimum Gasteiger partial charge on any atom is -0.352 e. The van der Waals surface area contributed by atoms with Gasteiger partial charge in [-0.15, -0.1) is 0 Å². The molecule has 0 aromatic carbocycles. The average Bonchev–Trinajstić information content (AvgIpc) is 2.99. The van der Waals surface area contributed by atoms with Crippen LogP contribution in [0.1, 0.15) is 23.5 Å². The van der Waals surface area contributed by atoms with Crippen LogP contribution in [0.5, 0.6) is 0 Å². The van der Waals surface area contributed by atoms with Crippen LogP contribution in [0.4, 0.5) is 5.82 Å². The van der Waals surface area contributed by atoms with Gasteiger partial charge in [0.25, 0.3) is 0 Å². The van der Waals surface area contributed by atoms with E-state index in [0.29, 0.717) is 18.5 Å². The van der Waals surface area contributed by atoms with Crippen molar-refractivity contribution in [2.45, 2.75) is 38.8 Å². The molecule has 2 atom stereocenters. The molecule has 5 rings (SSSR count). The number of anilines is 1. The molecule has 2 unspecified atom stereocenters. The molecule has 5 heterocycles. The summed E-state index contributed by atoms with van der Waals surface area (Å²) in [5.74, 6) is 2.07. The fourth-order valence-electron chi connectivity index (χ4n) is 3.72. The van der Waals surface area contributed by atoms with Crippen molar-refractivity contribution in [2.75, 3.05) is 18.0 Å². The zero-order valence-electron chi connectivity index (χ0n) is 13.4. The predicted molar refractivity (Wildman–Crippen MR) is 90.8 cm³/mol. The molecule has 120 valence electrons. The maximum atomic E-state index is 12.5. The third-order valence-corrected chi connectivity index (χ3v) is 5.43. The Labute approximate surface area is 140 Å². The van der Waals surface area contributed by atoms with Crippen LogP contribution < -0.4 is 4.90 Å². The van der Waals surface area contributed by atoms with Crippen molar-refractivity contribution in [3.63, 3.8) is 0 Å². The summed E-state index contributed by atoms with van der Waals surface area (Å²) >= 11 is 1.65. The molecule has 3 aliphatic heterocycles. The Morgan fingerprint density at radius 1 is 1.30 bits per heavy atom. The molecule has 1 amide bonds. The van der Waals surface area contributed by atoms with Gasteiger partial charge < -0.3 is 9.80 Å². The Kier molecular flexibility index (Phi) is 3.56. The molecular weight excluding hydrogens is 308 g/mol. The van der Waals surface area contributed by atoms with Gasteiger partial charge in [0.15, 0.2) is 0 Å². The Hall–Kier alpha value is -1.95. The van der Waals surface area contributed by atoms with Crippen LogP contribution in [0.2, 0.25) is 0 Å². The number of fused-ring (bicyclic) bond motifs is 2. The fourth-order valence-corrected chi connectivity index (χ4v) is 4.39. The van der Waals surface area contributed by atoms with Crippen molar-refractivity contribution in [3.8, 4) is 0 Å². The lowest BCUT2D eigenvalue weighted by atomic mass is 9.86. The highest BCUT2D eigenvalue weighted by Gasteiger charge is 2.47. The summed E-state index contributed by atoms with van der Waals surface area (Å²) < 4.78 is 0. The number of carbonyl (C=O) groups excluding carboxylic acids is 1. The van der Waals surface area contributed by atoms with E-state index in [1.807, 2.05) is 31.4 Å². The lowest BCUT2D eigenvalue weighted by molar-refractivity contribution is -0.145. The highest BCUT2D eigenvalue weighted by atomic mass is 32.1. The van der Waals surface area contributed by atoms with E-state index in [2.05, 4.69) is 25.1 Å². The molecule has 3 fully saturated rings. The van der Waals surface area contributed by atoms with E-state index < -0.39 is 0 Å². The second-order valence-corrected chi connectivity index (χ2v) is 7.25. The summed E-state index contributed by atoms with van der Waals surface area (Å²) in [6.45, 7) is 5.68. The van der Waals surface area contributed by atoms with Crippen LogP contribution in [0, 0.1) is 13.8 Å². The standard InChI is InChI=1S/C17H20N4OS/c1-11-5-16(19-12(2)18-11)20-8-14-7-15(9-20)21(14)17(22)6-13-3-4-23-10-13/h3-5,10,14-15H,6-9H2,1-2H3. The molecular formula is C17H20N4OS. The van der Waals surface area contributed by atoms with Crippen LogP contribution in [-0.4, -0.2) is 45.9 Å². The molecule has 2 aromatic rings. The zero-order chi connectivity index (χ0) is 16.0. The van der Waals surface area contributed by atoms with E-state index in [0.717, 1.165) is 42.4 Å². The number of nitrogens with zero attached hydrogens (tertiary/aromatic N) is 4. The maximum absolute atomic E-state index is 12.5. The van der Waals surface area contributed by atoms with E-state index in [1.54, 1.807) is 11.3 Å². The molecule has 23 heavy (non-hydrogen) atoms. The van der Waals surface area contributed by atoms with Crippen molar-refractivity contribution in [2.24, 2.45) is 0 Å². The number of amides is 1. The third-order valence-electron chi connectivity index (χ3n) is 4.69. The molecule has 0 saturated carbocycles. The minimum atomic E-state index is 0.263. The number of carbonyl (C=O) groups is 1. The summed E-state index contributed by atoms with van der Waals surface area (Å²) in [5.41, 5.74) is 2.13. The Morgan fingerprint density at radius 2 is 2.09 bits per heavy atom. The second-order valence-electron chi connectivity index (χ2n) is 6.47. The highest BCUT2D eigenvalue weighted by Crippen LogP contribution is 2.34. The summed E-state index contributed by atoms with van der Waals surface area (Å²) in [7, 11) is 0. The van der Waals surface area contributed by atoms with Gasteiger partial charge in [-0.05, 0) is 42.7 Å². The number of aryl methyl sites for hydroxylation is 2. The van der Waals surface area contributed by atoms with E-state index in [4.69, 9.17) is 0 Å². The SMILES string of the molecule is Cc1cc(N2CC3CC(C2)N3C(=O)Cc2ccsc2)nc(C)n1. The van der Waals surface area contributed by atoms with E-state index >= 15 is 0 Å². The first-order valence-corrected chi connectivity index (χ1v) is 8.94. The van der Waals surface area contributed by atoms with Crippen molar-refractivity contribution in [3.05, 3.63) is 40.0 Å². The minimum absolute atomic E-state index is 0.263. The van der Waals surface area contributed by atoms with Crippen LogP contribution in [0.3, 0.4) is 0 Å². The first-order chi connectivity index (χ1) is 11.1. The van der Waals surface area contributed by atoms with Crippen LogP contribution in [0.25, 0.3) is 0 Å². The van der Waals surface area contributed by atoms with Gasteiger partial charge in [-0.25, -0.2) is 9.97 Å². The largest absolute Gasteiger partial charge is 0.352 e. The lowest BCUT2D eigenvalue weighted by Gasteiger charge is -2.56. The predicted octanol–water partition coefficient (Wildman–Crippen LogP) is 2.19. The van der Waals surface area contributed by atoms with Gasteiger partial charge in [-0.3, -0.25) is 4.79 Å². The van der Waals surface area contributed by atoms with Gasteiger partial charge in [-0.2, -0.15) is 11.3 Å². The molecule has 0 radical (unpaired) electrons. The molecule has 3 saturated heterocycles. The normalized spacial score (nSPS) is 22.9. The highest BCUT2D eigenvalue weighted by molar-refractivity contribution is 7.08. The average molecular weight is 328 g/mol. The van der Waals surface area contributed by atoms with Crippen molar-refractivity contribution in [1.82, 2.24) is 14.9 Å². The van der Waals surface area contributed by atoms with Gasteiger partial charge in [0.05, 0.1) is 18.5 Å². The van der Waals surface area contributed by atoms with Gasteiger partial charge in [0.1, 0.15) is 11.6 Å². The Bertz CT molecular complexity index is 698. The number of aromatic nitrogens is 2. The number of hydrogen-bond donors (Lipinski definition) is 0. The maximum Gasteiger partial charge on any atom is 0.227 e. The molecule has 6 heteroatoms. The van der Waals surface area contributed by atoms with Gasteiger partial charge in [0, 0.05) is 24.8 Å². The monoisotopic (exact) mass is 328 g/mol. The second kappa shape index (κ2) is 5.60. The van der Waals surface area contributed by atoms with Crippen LogP contribution in [0.15, 0.2) is 22.9 Å². The Balaban J connectivity index is 1.44. The number of piperidine rings is 1. The third kappa shape index (κ3) is 2.72. The molecule has 0 spiro atoms. The Morgan fingerprint density at radius 3 is 2.74 bits per heavy atom. The fraction of sp³-hybridized carbons (Fsp3) is 0.471. The zero-order valence-corrected chi connectivity index (χ0v) is 14.2. The van der Waals surface area contributed by atoms with Crippen LogP contribution in [-0.2, 0) is 11.2 Å². The topological polar surface area (TPSA) is 49.3 Å². The van der Waals surface area contributed by atoms with E-state index in [1.165, 1.54) is 0 Å². The molecule has 0 N–H and O–H groups in total. The van der Waals surface area contributed by atoms with Crippen LogP contribution >= 0.6 is 11.3 Å². The quantitative estimate of drug-likeness (QED) is 0.866. The molecule has 5 nitrogen and oxygen atoms in total. The molecule has 2 aromatic heterocycles. The summed E-state index contributed by atoms with van der Waals surface area (Å²) in [6, 6.07) is 4.73. The first kappa shape index (κ1) is 14.6. The summed E-state index contributed by atoms with van der Waals surface area (Å²) in [4.78, 5) is 25.8. The smallest absolute Gasteiger partial charge is 0.227 e.